The van der Waals surface area contributed by atoms with Crippen LogP contribution in [-0.4, -0.2) is 42.5 Å². The Hall–Kier alpha value is -2.41. The maximum atomic E-state index is 13.3. The number of nitrogens with zero attached hydrogens (tertiary/aromatic N) is 3. The summed E-state index contributed by atoms with van der Waals surface area (Å²) in [6.45, 7) is 2.77. The van der Waals surface area contributed by atoms with Gasteiger partial charge in [-0.1, -0.05) is 12.1 Å². The molecule has 7 heteroatoms. The van der Waals surface area contributed by atoms with Gasteiger partial charge in [0.1, 0.15) is 5.82 Å². The van der Waals surface area contributed by atoms with Gasteiger partial charge < -0.3 is 15.4 Å². The number of aromatic nitrogens is 2. The summed E-state index contributed by atoms with van der Waals surface area (Å²) in [7, 11) is 3.67. The largest absolute Gasteiger partial charge is 0.381 e. The zero-order valence-corrected chi connectivity index (χ0v) is 15.3. The first-order valence-corrected chi connectivity index (χ1v) is 8.88. The molecular formula is C19H26FN5O. The van der Waals surface area contributed by atoms with Crippen molar-refractivity contribution in [3.8, 4) is 0 Å². The number of ether oxygens (including phenoxy) is 1. The molecule has 2 N–H and O–H groups in total. The molecule has 2 aromatic rings. The van der Waals surface area contributed by atoms with E-state index in [4.69, 9.17) is 4.74 Å². The first-order chi connectivity index (χ1) is 12.6. The van der Waals surface area contributed by atoms with Crippen molar-refractivity contribution < 1.29 is 9.13 Å². The Morgan fingerprint density at radius 1 is 1.23 bits per heavy atom. The maximum Gasteiger partial charge on any atom is 0.191 e. The average molecular weight is 359 g/mol. The van der Waals surface area contributed by atoms with Crippen molar-refractivity contribution in [3.05, 3.63) is 53.6 Å². The highest BCUT2D eigenvalue weighted by Gasteiger charge is 2.34. The van der Waals surface area contributed by atoms with Gasteiger partial charge in [0.05, 0.1) is 12.2 Å². The lowest BCUT2D eigenvalue weighted by Gasteiger charge is -2.38. The van der Waals surface area contributed by atoms with Crippen molar-refractivity contribution in [2.24, 2.45) is 12.0 Å². The lowest BCUT2D eigenvalue weighted by Crippen LogP contribution is -2.48. The lowest BCUT2D eigenvalue weighted by atomic mass is 9.74. The van der Waals surface area contributed by atoms with Crippen molar-refractivity contribution in [1.82, 2.24) is 20.4 Å². The fourth-order valence-corrected chi connectivity index (χ4v) is 3.36. The van der Waals surface area contributed by atoms with Gasteiger partial charge in [0.25, 0.3) is 0 Å². The van der Waals surface area contributed by atoms with Gasteiger partial charge in [-0.3, -0.25) is 9.67 Å². The van der Waals surface area contributed by atoms with Gasteiger partial charge in [-0.05, 0) is 36.6 Å². The van der Waals surface area contributed by atoms with Crippen LogP contribution in [0.1, 0.15) is 24.1 Å². The number of rotatable bonds is 5. The summed E-state index contributed by atoms with van der Waals surface area (Å²) in [6, 6.07) is 8.80. The van der Waals surface area contributed by atoms with Crippen molar-refractivity contribution >= 4 is 5.96 Å². The highest BCUT2D eigenvalue weighted by Crippen LogP contribution is 2.34. The molecule has 0 saturated carbocycles. The normalized spacial score (nSPS) is 17.1. The summed E-state index contributed by atoms with van der Waals surface area (Å²) in [5.41, 5.74) is 2.12. The van der Waals surface area contributed by atoms with E-state index in [1.807, 2.05) is 29.9 Å². The highest BCUT2D eigenvalue weighted by atomic mass is 19.1. The van der Waals surface area contributed by atoms with Crippen LogP contribution in [0.15, 0.2) is 41.5 Å². The zero-order valence-electron chi connectivity index (χ0n) is 15.3. The quantitative estimate of drug-likeness (QED) is 0.633. The number of halogens is 1. The summed E-state index contributed by atoms with van der Waals surface area (Å²) in [6.07, 6.45) is 3.56. The molecule has 140 valence electrons. The minimum atomic E-state index is -0.211. The molecule has 2 heterocycles. The van der Waals surface area contributed by atoms with E-state index in [0.717, 1.165) is 30.1 Å². The first kappa shape index (κ1) is 18.4. The van der Waals surface area contributed by atoms with Gasteiger partial charge in [-0.2, -0.15) is 5.10 Å². The molecule has 1 fully saturated rings. The molecule has 1 aromatic carbocycles. The van der Waals surface area contributed by atoms with Gasteiger partial charge in [-0.15, -0.1) is 0 Å². The standard InChI is InChI=1S/C19H26FN5O/c1-21-18(22-13-17-7-10-24-25(17)2)23-14-19(8-11-26-12-9-19)15-3-5-16(20)6-4-15/h3-7,10H,8-9,11-14H2,1-2H3,(H2,21,22,23). The SMILES string of the molecule is CN=C(NCc1ccnn1C)NCC1(c2ccc(F)cc2)CCOCC1. The molecule has 1 saturated heterocycles. The molecule has 1 aliphatic heterocycles. The summed E-state index contributed by atoms with van der Waals surface area (Å²) in [5.74, 6) is 0.525. The minimum Gasteiger partial charge on any atom is -0.381 e. The van der Waals surface area contributed by atoms with Crippen LogP contribution in [0.2, 0.25) is 0 Å². The van der Waals surface area contributed by atoms with Crippen LogP contribution in [-0.2, 0) is 23.7 Å². The van der Waals surface area contributed by atoms with Crippen molar-refractivity contribution in [2.75, 3.05) is 26.8 Å². The van der Waals surface area contributed by atoms with Gasteiger partial charge in [-0.25, -0.2) is 4.39 Å². The van der Waals surface area contributed by atoms with Gasteiger partial charge in [0.15, 0.2) is 5.96 Å². The average Bonchev–Trinajstić information content (AvgIpc) is 3.08. The van der Waals surface area contributed by atoms with Crippen LogP contribution >= 0.6 is 0 Å². The number of aliphatic imine (C=N–C) groups is 1. The molecule has 0 radical (unpaired) electrons. The molecule has 3 rings (SSSR count). The Kier molecular flexibility index (Phi) is 5.88. The van der Waals surface area contributed by atoms with E-state index in [0.29, 0.717) is 26.3 Å². The third-order valence-electron chi connectivity index (χ3n) is 5.08. The highest BCUT2D eigenvalue weighted by molar-refractivity contribution is 5.79. The van der Waals surface area contributed by atoms with E-state index < -0.39 is 0 Å². The molecule has 0 spiro atoms. The zero-order chi connectivity index (χ0) is 18.4. The number of benzene rings is 1. The van der Waals surface area contributed by atoms with E-state index in [1.165, 1.54) is 12.1 Å². The number of nitrogens with one attached hydrogen (secondary N) is 2. The number of aryl methyl sites for hydroxylation is 1. The second-order valence-corrected chi connectivity index (χ2v) is 6.63. The van der Waals surface area contributed by atoms with Crippen LogP contribution in [0.4, 0.5) is 4.39 Å². The molecule has 0 unspecified atom stereocenters. The van der Waals surface area contributed by atoms with Gasteiger partial charge in [0, 0.05) is 45.5 Å². The fourth-order valence-electron chi connectivity index (χ4n) is 3.36. The summed E-state index contributed by atoms with van der Waals surface area (Å²) >= 11 is 0. The molecule has 1 aromatic heterocycles. The van der Waals surface area contributed by atoms with Crippen molar-refractivity contribution in [2.45, 2.75) is 24.8 Å². The maximum absolute atomic E-state index is 13.3. The second kappa shape index (κ2) is 8.31. The van der Waals surface area contributed by atoms with E-state index in [9.17, 15) is 4.39 Å². The van der Waals surface area contributed by atoms with Gasteiger partial charge >= 0.3 is 0 Å². The number of hydrogen-bond acceptors (Lipinski definition) is 3. The molecule has 0 aliphatic carbocycles. The molecule has 1 aliphatic rings. The predicted octanol–water partition coefficient (Wildman–Crippen LogP) is 1.97. The van der Waals surface area contributed by atoms with Crippen LogP contribution < -0.4 is 10.6 Å². The molecule has 0 amide bonds. The third-order valence-corrected chi connectivity index (χ3v) is 5.08. The first-order valence-electron chi connectivity index (χ1n) is 8.88. The number of hydrogen-bond donors (Lipinski definition) is 2. The molecule has 0 atom stereocenters. The van der Waals surface area contributed by atoms with Crippen LogP contribution in [0.3, 0.4) is 0 Å². The minimum absolute atomic E-state index is 0.0872. The van der Waals surface area contributed by atoms with Crippen molar-refractivity contribution in [1.29, 1.82) is 0 Å². The fraction of sp³-hybridized carbons (Fsp3) is 0.474. The van der Waals surface area contributed by atoms with E-state index in [1.54, 1.807) is 13.2 Å². The predicted molar refractivity (Wildman–Crippen MR) is 99.5 cm³/mol. The monoisotopic (exact) mass is 359 g/mol. The Morgan fingerprint density at radius 2 is 1.96 bits per heavy atom. The Morgan fingerprint density at radius 3 is 2.58 bits per heavy atom. The smallest absolute Gasteiger partial charge is 0.191 e. The molecular weight excluding hydrogens is 333 g/mol. The van der Waals surface area contributed by atoms with Crippen LogP contribution in [0, 0.1) is 5.82 Å². The summed E-state index contributed by atoms with van der Waals surface area (Å²) in [5, 5.41) is 10.9. The second-order valence-electron chi connectivity index (χ2n) is 6.63. The van der Waals surface area contributed by atoms with Crippen molar-refractivity contribution in [3.63, 3.8) is 0 Å². The Labute approximate surface area is 153 Å². The lowest BCUT2D eigenvalue weighted by molar-refractivity contribution is 0.0513. The Balaban J connectivity index is 1.66. The van der Waals surface area contributed by atoms with E-state index in [2.05, 4.69) is 20.7 Å². The third kappa shape index (κ3) is 4.22. The summed E-state index contributed by atoms with van der Waals surface area (Å²) < 4.78 is 20.7. The molecule has 0 bridgehead atoms. The Bertz CT molecular complexity index is 735. The molecule has 6 nitrogen and oxygen atoms in total. The van der Waals surface area contributed by atoms with Crippen LogP contribution in [0.25, 0.3) is 0 Å². The topological polar surface area (TPSA) is 63.5 Å². The molecule has 26 heavy (non-hydrogen) atoms. The van der Waals surface area contributed by atoms with E-state index in [-0.39, 0.29) is 11.2 Å². The van der Waals surface area contributed by atoms with E-state index >= 15 is 0 Å². The summed E-state index contributed by atoms with van der Waals surface area (Å²) in [4.78, 5) is 4.31. The van der Waals surface area contributed by atoms with Gasteiger partial charge in [0.2, 0.25) is 0 Å². The number of guanidine groups is 1. The van der Waals surface area contributed by atoms with Crippen LogP contribution in [0.5, 0.6) is 0 Å².